The predicted octanol–water partition coefficient (Wildman–Crippen LogP) is 3.22. The number of ether oxygens (including phenoxy) is 1. The van der Waals surface area contributed by atoms with Gasteiger partial charge in [-0.05, 0) is 23.8 Å². The van der Waals surface area contributed by atoms with Crippen molar-refractivity contribution in [3.05, 3.63) is 70.2 Å². The van der Waals surface area contributed by atoms with Crippen LogP contribution < -0.4 is 5.32 Å². The molecular formula is C17H15ClN2O2. The molecule has 0 saturated heterocycles. The van der Waals surface area contributed by atoms with E-state index in [-0.39, 0.29) is 5.91 Å². The van der Waals surface area contributed by atoms with Gasteiger partial charge in [0.2, 0.25) is 0 Å². The number of halogens is 1. The first kappa shape index (κ1) is 16.0. The Morgan fingerprint density at radius 1 is 1.27 bits per heavy atom. The molecule has 1 N–H and O–H groups in total. The van der Waals surface area contributed by atoms with Gasteiger partial charge in [0, 0.05) is 24.2 Å². The number of carbonyl (C=O) groups excluding carboxylic acids is 1. The first-order valence-corrected chi connectivity index (χ1v) is 7.07. The van der Waals surface area contributed by atoms with Crippen LogP contribution in [0.15, 0.2) is 48.5 Å². The van der Waals surface area contributed by atoms with Crippen molar-refractivity contribution in [2.75, 3.05) is 7.11 Å². The Hall–Kier alpha value is -2.35. The van der Waals surface area contributed by atoms with Crippen molar-refractivity contribution in [3.63, 3.8) is 0 Å². The maximum absolute atomic E-state index is 12.3. The molecule has 4 nitrogen and oxygen atoms in total. The normalized spacial score (nSPS) is 11.5. The Balaban J connectivity index is 2.03. The van der Waals surface area contributed by atoms with Crippen LogP contribution in [0.5, 0.6) is 0 Å². The maximum atomic E-state index is 12.3. The van der Waals surface area contributed by atoms with Gasteiger partial charge in [0.05, 0.1) is 11.6 Å². The van der Waals surface area contributed by atoms with E-state index < -0.39 is 6.10 Å². The van der Waals surface area contributed by atoms with Gasteiger partial charge in [0.15, 0.2) is 6.10 Å². The van der Waals surface area contributed by atoms with E-state index in [2.05, 4.69) is 11.4 Å². The first-order chi connectivity index (χ1) is 10.7. The maximum Gasteiger partial charge on any atom is 0.254 e. The minimum absolute atomic E-state index is 0.264. The molecule has 2 aromatic carbocycles. The van der Waals surface area contributed by atoms with Gasteiger partial charge in [-0.3, -0.25) is 4.79 Å². The molecule has 0 bridgehead atoms. The van der Waals surface area contributed by atoms with Gasteiger partial charge in [-0.25, -0.2) is 0 Å². The standard InChI is InChI=1S/C17H15ClN2O2/c1-22-16(14-4-2-3-5-15(14)18)17(21)20-11-13-8-6-12(10-19)7-9-13/h2-9,16H,11H2,1H3,(H,20,21). The fraction of sp³-hybridized carbons (Fsp3) is 0.176. The lowest BCUT2D eigenvalue weighted by Crippen LogP contribution is -2.30. The van der Waals surface area contributed by atoms with Crippen molar-refractivity contribution in [3.8, 4) is 6.07 Å². The van der Waals surface area contributed by atoms with Crippen molar-refractivity contribution in [2.45, 2.75) is 12.6 Å². The van der Waals surface area contributed by atoms with E-state index in [9.17, 15) is 4.79 Å². The largest absolute Gasteiger partial charge is 0.367 e. The van der Waals surface area contributed by atoms with E-state index in [1.54, 1.807) is 48.5 Å². The van der Waals surface area contributed by atoms with Crippen LogP contribution in [0.2, 0.25) is 5.02 Å². The summed E-state index contributed by atoms with van der Waals surface area (Å²) in [5.41, 5.74) is 2.12. The number of nitrogens with one attached hydrogen (secondary N) is 1. The molecule has 2 rings (SSSR count). The fourth-order valence-electron chi connectivity index (χ4n) is 2.04. The lowest BCUT2D eigenvalue weighted by atomic mass is 10.1. The minimum Gasteiger partial charge on any atom is -0.367 e. The average molecular weight is 315 g/mol. The van der Waals surface area contributed by atoms with Crippen molar-refractivity contribution in [1.82, 2.24) is 5.32 Å². The molecule has 0 aliphatic rings. The van der Waals surface area contributed by atoms with Crippen LogP contribution in [0.25, 0.3) is 0 Å². The van der Waals surface area contributed by atoms with Crippen molar-refractivity contribution in [1.29, 1.82) is 5.26 Å². The highest BCUT2D eigenvalue weighted by atomic mass is 35.5. The fourth-order valence-corrected chi connectivity index (χ4v) is 2.28. The van der Waals surface area contributed by atoms with Gasteiger partial charge in [-0.1, -0.05) is 41.9 Å². The molecule has 0 aliphatic carbocycles. The van der Waals surface area contributed by atoms with E-state index in [1.807, 2.05) is 0 Å². The highest BCUT2D eigenvalue weighted by Crippen LogP contribution is 2.25. The number of nitriles is 1. The molecule has 0 fully saturated rings. The number of amides is 1. The lowest BCUT2D eigenvalue weighted by molar-refractivity contribution is -0.131. The highest BCUT2D eigenvalue weighted by molar-refractivity contribution is 6.31. The summed E-state index contributed by atoms with van der Waals surface area (Å²) < 4.78 is 5.26. The van der Waals surface area contributed by atoms with E-state index in [0.29, 0.717) is 22.7 Å². The SMILES string of the molecule is COC(C(=O)NCc1ccc(C#N)cc1)c1ccccc1Cl. The summed E-state index contributed by atoms with van der Waals surface area (Å²) in [4.78, 5) is 12.3. The number of benzene rings is 2. The van der Waals surface area contributed by atoms with E-state index in [1.165, 1.54) is 7.11 Å². The molecule has 0 radical (unpaired) electrons. The summed E-state index contributed by atoms with van der Waals surface area (Å²) in [6, 6.07) is 16.2. The Kier molecular flexibility index (Phi) is 5.54. The molecule has 5 heteroatoms. The monoisotopic (exact) mass is 314 g/mol. The third-order valence-corrected chi connectivity index (χ3v) is 3.56. The van der Waals surface area contributed by atoms with E-state index >= 15 is 0 Å². The number of rotatable bonds is 5. The summed E-state index contributed by atoms with van der Waals surface area (Å²) in [6.07, 6.45) is -0.757. The van der Waals surface area contributed by atoms with E-state index in [4.69, 9.17) is 21.6 Å². The van der Waals surface area contributed by atoms with Crippen LogP contribution in [-0.4, -0.2) is 13.0 Å². The molecule has 1 unspecified atom stereocenters. The molecule has 0 spiro atoms. The van der Waals surface area contributed by atoms with Crippen molar-refractivity contribution in [2.24, 2.45) is 0 Å². The van der Waals surface area contributed by atoms with Crippen molar-refractivity contribution >= 4 is 17.5 Å². The smallest absolute Gasteiger partial charge is 0.254 e. The van der Waals surface area contributed by atoms with Gasteiger partial charge in [-0.2, -0.15) is 5.26 Å². The van der Waals surface area contributed by atoms with Crippen LogP contribution in [0.4, 0.5) is 0 Å². The zero-order valence-corrected chi connectivity index (χ0v) is 12.8. The molecular weight excluding hydrogens is 300 g/mol. The lowest BCUT2D eigenvalue weighted by Gasteiger charge is -2.17. The molecule has 0 heterocycles. The molecule has 0 aromatic heterocycles. The number of nitrogens with zero attached hydrogens (tertiary/aromatic N) is 1. The number of carbonyl (C=O) groups is 1. The first-order valence-electron chi connectivity index (χ1n) is 6.69. The second kappa shape index (κ2) is 7.60. The van der Waals surface area contributed by atoms with Gasteiger partial charge in [0.1, 0.15) is 0 Å². The zero-order chi connectivity index (χ0) is 15.9. The van der Waals surface area contributed by atoms with Gasteiger partial charge in [0.25, 0.3) is 5.91 Å². The second-order valence-electron chi connectivity index (χ2n) is 4.66. The number of hydrogen-bond acceptors (Lipinski definition) is 3. The molecule has 1 atom stereocenters. The summed E-state index contributed by atoms with van der Waals surface area (Å²) in [7, 11) is 1.47. The number of methoxy groups -OCH3 is 1. The predicted molar refractivity (Wildman–Crippen MR) is 84.2 cm³/mol. The summed E-state index contributed by atoms with van der Waals surface area (Å²) >= 11 is 6.10. The Morgan fingerprint density at radius 3 is 2.55 bits per heavy atom. The molecule has 2 aromatic rings. The van der Waals surface area contributed by atoms with E-state index in [0.717, 1.165) is 5.56 Å². The second-order valence-corrected chi connectivity index (χ2v) is 5.07. The summed E-state index contributed by atoms with van der Waals surface area (Å²) in [5.74, 6) is -0.264. The highest BCUT2D eigenvalue weighted by Gasteiger charge is 2.21. The van der Waals surface area contributed by atoms with Crippen LogP contribution in [0.3, 0.4) is 0 Å². The molecule has 0 saturated carbocycles. The van der Waals surface area contributed by atoms with Gasteiger partial charge >= 0.3 is 0 Å². The Bertz CT molecular complexity index is 693. The van der Waals surface area contributed by atoms with Crippen LogP contribution in [0, 0.1) is 11.3 Å². The minimum atomic E-state index is -0.757. The Labute approximate surface area is 134 Å². The number of hydrogen-bond donors (Lipinski definition) is 1. The van der Waals surface area contributed by atoms with Crippen LogP contribution in [-0.2, 0) is 16.1 Å². The third kappa shape index (κ3) is 3.85. The Morgan fingerprint density at radius 2 is 1.95 bits per heavy atom. The summed E-state index contributed by atoms with van der Waals surface area (Å²) in [6.45, 7) is 0.356. The quantitative estimate of drug-likeness (QED) is 0.921. The van der Waals surface area contributed by atoms with Gasteiger partial charge in [-0.15, -0.1) is 0 Å². The topological polar surface area (TPSA) is 62.1 Å². The molecule has 112 valence electrons. The van der Waals surface area contributed by atoms with Crippen LogP contribution >= 0.6 is 11.6 Å². The third-order valence-electron chi connectivity index (χ3n) is 3.21. The van der Waals surface area contributed by atoms with Crippen LogP contribution in [0.1, 0.15) is 22.8 Å². The van der Waals surface area contributed by atoms with Gasteiger partial charge < -0.3 is 10.1 Å². The zero-order valence-electron chi connectivity index (χ0n) is 12.0. The van der Waals surface area contributed by atoms with Crippen molar-refractivity contribution < 1.29 is 9.53 Å². The molecule has 0 aliphatic heterocycles. The average Bonchev–Trinajstić information content (AvgIpc) is 2.56. The molecule has 22 heavy (non-hydrogen) atoms. The molecule has 1 amide bonds. The summed E-state index contributed by atoms with van der Waals surface area (Å²) in [5, 5.41) is 12.1.